The Kier molecular flexibility index (Phi) is 2.69. The van der Waals surface area contributed by atoms with Crippen molar-refractivity contribution in [3.8, 4) is 0 Å². The summed E-state index contributed by atoms with van der Waals surface area (Å²) >= 11 is 0. The normalized spacial score (nSPS) is 18.9. The monoisotopic (exact) mass is 142 g/mol. The van der Waals surface area contributed by atoms with Crippen LogP contribution in [0.2, 0.25) is 0 Å². The average molecular weight is 142 g/mol. The van der Waals surface area contributed by atoms with Gasteiger partial charge in [0.25, 0.3) is 0 Å². The minimum atomic E-state index is 0.677. The van der Waals surface area contributed by atoms with Gasteiger partial charge in [-0.2, -0.15) is 0 Å². The maximum Gasteiger partial charge on any atom is 0.0110 e. The van der Waals surface area contributed by atoms with Gasteiger partial charge in [0.2, 0.25) is 0 Å². The molecule has 0 unspecified atom stereocenters. The van der Waals surface area contributed by atoms with E-state index in [1.165, 1.54) is 12.8 Å². The molecule has 1 aliphatic carbocycles. The van der Waals surface area contributed by atoms with E-state index in [2.05, 4.69) is 18.7 Å². The Bertz CT molecular complexity index is 95.4. The highest BCUT2D eigenvalue weighted by molar-refractivity contribution is 4.86. The van der Waals surface area contributed by atoms with Gasteiger partial charge >= 0.3 is 0 Å². The van der Waals surface area contributed by atoms with Crippen LogP contribution >= 0.6 is 0 Å². The second kappa shape index (κ2) is 3.35. The lowest BCUT2D eigenvalue weighted by Crippen LogP contribution is -2.36. The van der Waals surface area contributed by atoms with E-state index >= 15 is 0 Å². The molecular weight excluding hydrogens is 124 g/mol. The first-order valence-corrected chi connectivity index (χ1v) is 4.21. The molecule has 0 spiro atoms. The van der Waals surface area contributed by atoms with Crippen LogP contribution in [0, 0.1) is 0 Å². The van der Waals surface area contributed by atoms with Gasteiger partial charge in [-0.05, 0) is 26.7 Å². The summed E-state index contributed by atoms with van der Waals surface area (Å²) in [6, 6.07) is 1.54. The fourth-order valence-electron chi connectivity index (χ4n) is 1.42. The van der Waals surface area contributed by atoms with Gasteiger partial charge in [0.05, 0.1) is 0 Å². The molecule has 1 saturated carbocycles. The van der Waals surface area contributed by atoms with E-state index in [4.69, 9.17) is 5.73 Å². The van der Waals surface area contributed by atoms with Gasteiger partial charge in [-0.1, -0.05) is 0 Å². The van der Waals surface area contributed by atoms with Gasteiger partial charge in [-0.15, -0.1) is 0 Å². The predicted molar refractivity (Wildman–Crippen MR) is 43.9 cm³/mol. The van der Waals surface area contributed by atoms with Crippen molar-refractivity contribution in [2.24, 2.45) is 5.73 Å². The minimum absolute atomic E-state index is 0.677. The Hall–Kier alpha value is -0.0800. The number of nitrogens with zero attached hydrogens (tertiary/aromatic N) is 1. The molecule has 0 amide bonds. The molecule has 0 aromatic heterocycles. The van der Waals surface area contributed by atoms with Crippen LogP contribution in [0.3, 0.4) is 0 Å². The lowest BCUT2D eigenvalue weighted by atomic mass is 10.3. The van der Waals surface area contributed by atoms with Gasteiger partial charge in [-0.25, -0.2) is 0 Å². The van der Waals surface area contributed by atoms with Crippen molar-refractivity contribution in [1.29, 1.82) is 0 Å². The third kappa shape index (κ3) is 1.96. The summed E-state index contributed by atoms with van der Waals surface area (Å²) < 4.78 is 0. The smallest absolute Gasteiger partial charge is 0.0110 e. The molecule has 0 atom stereocenters. The predicted octanol–water partition coefficient (Wildman–Crippen LogP) is 0.818. The number of hydrogen-bond donors (Lipinski definition) is 1. The molecule has 0 aromatic rings. The first-order chi connectivity index (χ1) is 4.75. The number of nitrogens with two attached hydrogens (primary N) is 1. The van der Waals surface area contributed by atoms with E-state index in [-0.39, 0.29) is 0 Å². The highest BCUT2D eigenvalue weighted by atomic mass is 15.2. The Morgan fingerprint density at radius 3 is 2.40 bits per heavy atom. The lowest BCUT2D eigenvalue weighted by molar-refractivity contribution is 0.218. The molecule has 1 rings (SSSR count). The SMILES string of the molecule is CC(C)N(CCN)C1CC1. The summed E-state index contributed by atoms with van der Waals surface area (Å²) in [5.41, 5.74) is 5.49. The largest absolute Gasteiger partial charge is 0.329 e. The van der Waals surface area contributed by atoms with E-state index < -0.39 is 0 Å². The Balaban J connectivity index is 2.26. The van der Waals surface area contributed by atoms with Crippen LogP contribution in [0.25, 0.3) is 0 Å². The van der Waals surface area contributed by atoms with Crippen LogP contribution in [0.1, 0.15) is 26.7 Å². The third-order valence-corrected chi connectivity index (χ3v) is 2.07. The van der Waals surface area contributed by atoms with E-state index in [0.717, 1.165) is 19.1 Å². The summed E-state index contributed by atoms with van der Waals surface area (Å²) in [7, 11) is 0. The van der Waals surface area contributed by atoms with E-state index in [1.54, 1.807) is 0 Å². The second-order valence-corrected chi connectivity index (χ2v) is 3.35. The lowest BCUT2D eigenvalue weighted by Gasteiger charge is -2.25. The van der Waals surface area contributed by atoms with Gasteiger partial charge in [0.1, 0.15) is 0 Å². The molecule has 0 saturated heterocycles. The minimum Gasteiger partial charge on any atom is -0.329 e. The summed E-state index contributed by atoms with van der Waals surface area (Å²) in [6.45, 7) is 6.36. The summed E-state index contributed by atoms with van der Waals surface area (Å²) in [5.74, 6) is 0. The van der Waals surface area contributed by atoms with Gasteiger partial charge in [-0.3, -0.25) is 4.90 Å². The molecule has 2 nitrogen and oxygen atoms in total. The van der Waals surface area contributed by atoms with Crippen molar-refractivity contribution in [1.82, 2.24) is 4.90 Å². The van der Waals surface area contributed by atoms with E-state index in [0.29, 0.717) is 6.04 Å². The zero-order valence-electron chi connectivity index (χ0n) is 7.01. The topological polar surface area (TPSA) is 29.3 Å². The molecule has 0 aliphatic heterocycles. The number of hydrogen-bond acceptors (Lipinski definition) is 2. The highest BCUT2D eigenvalue weighted by Crippen LogP contribution is 2.27. The van der Waals surface area contributed by atoms with Crippen molar-refractivity contribution in [3.63, 3.8) is 0 Å². The van der Waals surface area contributed by atoms with Crippen LogP contribution in [0.5, 0.6) is 0 Å². The van der Waals surface area contributed by atoms with Crippen LogP contribution in [-0.2, 0) is 0 Å². The first-order valence-electron chi connectivity index (χ1n) is 4.21. The molecule has 1 aliphatic rings. The molecule has 0 aromatic carbocycles. The molecule has 0 heterocycles. The molecule has 2 N–H and O–H groups in total. The van der Waals surface area contributed by atoms with Crippen LogP contribution in [0.4, 0.5) is 0 Å². The second-order valence-electron chi connectivity index (χ2n) is 3.35. The quantitative estimate of drug-likeness (QED) is 0.629. The molecular formula is C8H18N2. The Labute approximate surface area is 63.4 Å². The highest BCUT2D eigenvalue weighted by Gasteiger charge is 2.29. The van der Waals surface area contributed by atoms with E-state index in [1.807, 2.05) is 0 Å². The van der Waals surface area contributed by atoms with Crippen LogP contribution < -0.4 is 5.73 Å². The third-order valence-electron chi connectivity index (χ3n) is 2.07. The standard InChI is InChI=1S/C8H18N2/c1-7(2)10(6-5-9)8-3-4-8/h7-8H,3-6,9H2,1-2H3. The van der Waals surface area contributed by atoms with Crippen molar-refractivity contribution in [3.05, 3.63) is 0 Å². The van der Waals surface area contributed by atoms with E-state index in [9.17, 15) is 0 Å². The fourth-order valence-corrected chi connectivity index (χ4v) is 1.42. The molecule has 60 valence electrons. The van der Waals surface area contributed by atoms with Crippen molar-refractivity contribution < 1.29 is 0 Å². The molecule has 0 bridgehead atoms. The maximum absolute atomic E-state index is 5.49. The summed E-state index contributed by atoms with van der Waals surface area (Å²) in [4.78, 5) is 2.50. The first kappa shape index (κ1) is 8.02. The molecule has 10 heavy (non-hydrogen) atoms. The molecule has 2 heteroatoms. The maximum atomic E-state index is 5.49. The number of rotatable bonds is 4. The Morgan fingerprint density at radius 2 is 2.10 bits per heavy atom. The van der Waals surface area contributed by atoms with Crippen LogP contribution in [0.15, 0.2) is 0 Å². The average Bonchev–Trinajstić information content (AvgIpc) is 2.63. The molecule has 0 radical (unpaired) electrons. The van der Waals surface area contributed by atoms with Gasteiger partial charge < -0.3 is 5.73 Å². The van der Waals surface area contributed by atoms with Crippen molar-refractivity contribution >= 4 is 0 Å². The molecule has 1 fully saturated rings. The zero-order valence-corrected chi connectivity index (χ0v) is 7.01. The fraction of sp³-hybridized carbons (Fsp3) is 1.00. The van der Waals surface area contributed by atoms with Gasteiger partial charge in [0, 0.05) is 25.2 Å². The summed E-state index contributed by atoms with van der Waals surface area (Å²) in [5, 5.41) is 0. The van der Waals surface area contributed by atoms with Crippen molar-refractivity contribution in [2.45, 2.75) is 38.8 Å². The van der Waals surface area contributed by atoms with Gasteiger partial charge in [0.15, 0.2) is 0 Å². The van der Waals surface area contributed by atoms with Crippen LogP contribution in [-0.4, -0.2) is 30.1 Å². The Morgan fingerprint density at radius 1 is 1.50 bits per heavy atom. The summed E-state index contributed by atoms with van der Waals surface area (Å²) in [6.07, 6.45) is 2.77. The van der Waals surface area contributed by atoms with Crippen molar-refractivity contribution in [2.75, 3.05) is 13.1 Å². The zero-order chi connectivity index (χ0) is 7.56.